The van der Waals surface area contributed by atoms with Crippen LogP contribution in [0.1, 0.15) is 49.7 Å². The van der Waals surface area contributed by atoms with Crippen LogP contribution in [0.15, 0.2) is 51.9 Å². The molecule has 2 nitrogen and oxygen atoms in total. The number of hydrogen-bond donors (Lipinski definition) is 1. The first-order valence-corrected chi connectivity index (χ1v) is 10.5. The molecule has 0 heterocycles. The second kappa shape index (κ2) is 6.23. The molecule has 0 aromatic heterocycles. The number of aliphatic imine (C=N–C) groups is 1. The van der Waals surface area contributed by atoms with Gasteiger partial charge in [0.05, 0.1) is 5.69 Å². The summed E-state index contributed by atoms with van der Waals surface area (Å²) in [5, 5.41) is 10.4. The Morgan fingerprint density at radius 2 is 1.62 bits per heavy atom. The van der Waals surface area contributed by atoms with Crippen LogP contribution in [-0.4, -0.2) is 11.3 Å². The lowest BCUT2D eigenvalue weighted by Crippen LogP contribution is -2.48. The smallest absolute Gasteiger partial charge is 0.124 e. The number of para-hydroxylation sites is 1. The highest BCUT2D eigenvalue weighted by Gasteiger charge is 2.51. The molecule has 2 aromatic rings. The first-order chi connectivity index (χ1) is 12.6. The van der Waals surface area contributed by atoms with E-state index in [1.807, 2.05) is 30.3 Å². The lowest BCUT2D eigenvalue weighted by Gasteiger charge is -2.57. The maximum absolute atomic E-state index is 10.4. The molecule has 4 saturated carbocycles. The van der Waals surface area contributed by atoms with Crippen molar-refractivity contribution in [3.8, 4) is 5.75 Å². The van der Waals surface area contributed by atoms with Gasteiger partial charge in [0, 0.05) is 16.3 Å². The number of benzene rings is 2. The number of nitrogens with zero attached hydrogens (tertiary/aromatic N) is 1. The quantitative estimate of drug-likeness (QED) is 0.586. The summed E-state index contributed by atoms with van der Waals surface area (Å²) in [5.74, 6) is 3.08. The Balaban J connectivity index is 1.49. The summed E-state index contributed by atoms with van der Waals surface area (Å²) in [6.07, 6.45) is 10.2. The molecule has 0 radical (unpaired) electrons. The summed E-state index contributed by atoms with van der Waals surface area (Å²) in [6, 6.07) is 14.1. The number of phenolic OH excluding ortho intramolecular Hbond substituents is 1. The van der Waals surface area contributed by atoms with Crippen LogP contribution in [0, 0.1) is 17.8 Å². The van der Waals surface area contributed by atoms with Gasteiger partial charge < -0.3 is 5.11 Å². The molecule has 6 rings (SSSR count). The van der Waals surface area contributed by atoms with Crippen molar-refractivity contribution in [3.05, 3.63) is 58.1 Å². The fourth-order valence-corrected chi connectivity index (χ4v) is 6.53. The second-order valence-electron chi connectivity index (χ2n) is 8.68. The maximum Gasteiger partial charge on any atom is 0.124 e. The van der Waals surface area contributed by atoms with E-state index < -0.39 is 0 Å². The molecule has 2 aromatic carbocycles. The van der Waals surface area contributed by atoms with Gasteiger partial charge in [-0.1, -0.05) is 18.2 Å². The van der Waals surface area contributed by atoms with Crippen LogP contribution in [0.25, 0.3) is 0 Å². The van der Waals surface area contributed by atoms with E-state index in [1.54, 1.807) is 6.21 Å². The zero-order valence-corrected chi connectivity index (χ0v) is 16.5. The highest BCUT2D eigenvalue weighted by Crippen LogP contribution is 2.60. The van der Waals surface area contributed by atoms with E-state index in [-0.39, 0.29) is 0 Å². The van der Waals surface area contributed by atoms with Gasteiger partial charge >= 0.3 is 0 Å². The van der Waals surface area contributed by atoms with Crippen LogP contribution in [0.5, 0.6) is 5.75 Å². The Labute approximate surface area is 163 Å². The Bertz CT molecular complexity index is 837. The summed E-state index contributed by atoms with van der Waals surface area (Å²) in [4.78, 5) is 4.59. The van der Waals surface area contributed by atoms with Crippen molar-refractivity contribution in [2.75, 3.05) is 0 Å². The molecule has 0 amide bonds. The van der Waals surface area contributed by atoms with Crippen LogP contribution in [0.4, 0.5) is 5.69 Å². The highest BCUT2D eigenvalue weighted by molar-refractivity contribution is 9.10. The van der Waals surface area contributed by atoms with Crippen LogP contribution >= 0.6 is 15.9 Å². The molecule has 0 atom stereocenters. The zero-order chi connectivity index (χ0) is 17.7. The van der Waals surface area contributed by atoms with Gasteiger partial charge in [0.15, 0.2) is 0 Å². The van der Waals surface area contributed by atoms with Gasteiger partial charge in [0.25, 0.3) is 0 Å². The van der Waals surface area contributed by atoms with Gasteiger partial charge in [0.2, 0.25) is 0 Å². The molecular weight excluding hydrogens is 386 g/mol. The Hall–Kier alpha value is -1.61. The largest absolute Gasteiger partial charge is 0.507 e. The van der Waals surface area contributed by atoms with Gasteiger partial charge in [-0.2, -0.15) is 0 Å². The molecule has 0 saturated heterocycles. The third-order valence-electron chi connectivity index (χ3n) is 6.87. The highest BCUT2D eigenvalue weighted by atomic mass is 79.9. The normalized spacial score (nSPS) is 32.4. The molecule has 4 aliphatic rings. The van der Waals surface area contributed by atoms with Gasteiger partial charge in [-0.05, 0) is 107 Å². The lowest BCUT2D eigenvalue weighted by atomic mass is 9.48. The fourth-order valence-electron chi connectivity index (χ4n) is 6.15. The number of rotatable bonds is 3. The summed E-state index contributed by atoms with van der Waals surface area (Å²) in [7, 11) is 0. The van der Waals surface area contributed by atoms with Crippen molar-refractivity contribution in [2.24, 2.45) is 22.7 Å². The summed E-state index contributed by atoms with van der Waals surface area (Å²) in [5.41, 5.74) is 3.47. The van der Waals surface area contributed by atoms with E-state index in [2.05, 4.69) is 33.1 Å². The zero-order valence-electron chi connectivity index (χ0n) is 14.9. The van der Waals surface area contributed by atoms with Gasteiger partial charge in [-0.15, -0.1) is 0 Å². The molecule has 134 valence electrons. The summed E-state index contributed by atoms with van der Waals surface area (Å²) < 4.78 is 0.966. The van der Waals surface area contributed by atoms with Crippen LogP contribution < -0.4 is 0 Å². The first-order valence-electron chi connectivity index (χ1n) is 9.73. The van der Waals surface area contributed by atoms with E-state index in [1.165, 1.54) is 44.1 Å². The number of phenols is 1. The monoisotopic (exact) mass is 409 g/mol. The first kappa shape index (κ1) is 16.6. The third-order valence-corrected chi connectivity index (χ3v) is 7.54. The molecule has 1 N–H and O–H groups in total. The van der Waals surface area contributed by atoms with Crippen LogP contribution in [0.2, 0.25) is 0 Å². The average molecular weight is 410 g/mol. The Morgan fingerprint density at radius 3 is 2.27 bits per heavy atom. The van der Waals surface area contributed by atoms with Crippen molar-refractivity contribution in [2.45, 2.75) is 43.9 Å². The molecule has 3 heteroatoms. The molecule has 26 heavy (non-hydrogen) atoms. The Morgan fingerprint density at radius 1 is 0.962 bits per heavy atom. The SMILES string of the molecule is Oc1ccc(C23CC4CC(CC(C4)C2)C3)cc1C=Nc1ccccc1Br. The second-order valence-corrected chi connectivity index (χ2v) is 9.54. The van der Waals surface area contributed by atoms with Gasteiger partial charge in [0.1, 0.15) is 5.75 Å². The minimum Gasteiger partial charge on any atom is -0.507 e. The van der Waals surface area contributed by atoms with Crippen LogP contribution in [-0.2, 0) is 5.41 Å². The Kier molecular flexibility index (Phi) is 3.97. The van der Waals surface area contributed by atoms with Crippen molar-refractivity contribution >= 4 is 27.8 Å². The van der Waals surface area contributed by atoms with E-state index in [4.69, 9.17) is 0 Å². The number of halogens is 1. The molecule has 4 fully saturated rings. The van der Waals surface area contributed by atoms with Crippen molar-refractivity contribution in [3.63, 3.8) is 0 Å². The van der Waals surface area contributed by atoms with E-state index in [0.29, 0.717) is 11.2 Å². The van der Waals surface area contributed by atoms with Gasteiger partial charge in [-0.3, -0.25) is 4.99 Å². The molecule has 0 spiro atoms. The van der Waals surface area contributed by atoms with Gasteiger partial charge in [-0.25, -0.2) is 0 Å². The van der Waals surface area contributed by atoms with Crippen molar-refractivity contribution in [1.29, 1.82) is 0 Å². The predicted molar refractivity (Wildman–Crippen MR) is 109 cm³/mol. The van der Waals surface area contributed by atoms with Crippen molar-refractivity contribution in [1.82, 2.24) is 0 Å². The minimum absolute atomic E-state index is 0.314. The van der Waals surface area contributed by atoms with E-state index in [0.717, 1.165) is 33.5 Å². The lowest BCUT2D eigenvalue weighted by molar-refractivity contribution is -0.00520. The third kappa shape index (κ3) is 2.81. The maximum atomic E-state index is 10.4. The molecular formula is C23H24BrNO. The summed E-state index contributed by atoms with van der Waals surface area (Å²) >= 11 is 3.53. The predicted octanol–water partition coefficient (Wildman–Crippen LogP) is 6.37. The number of aromatic hydroxyl groups is 1. The molecule has 0 unspecified atom stereocenters. The van der Waals surface area contributed by atoms with Crippen molar-refractivity contribution < 1.29 is 5.11 Å². The molecule has 4 aliphatic carbocycles. The molecule has 0 aliphatic heterocycles. The topological polar surface area (TPSA) is 32.6 Å². The van der Waals surface area contributed by atoms with Crippen LogP contribution in [0.3, 0.4) is 0 Å². The number of hydrogen-bond acceptors (Lipinski definition) is 2. The standard InChI is InChI=1S/C23H24BrNO/c24-20-3-1-2-4-21(20)25-14-18-10-19(5-6-22(18)26)23-11-15-7-16(12-23)9-17(8-15)13-23/h1-6,10,14-17,26H,7-9,11-13H2. The fraction of sp³-hybridized carbons (Fsp3) is 0.435. The van der Waals surface area contributed by atoms with E-state index >= 15 is 0 Å². The summed E-state index contributed by atoms with van der Waals surface area (Å²) in [6.45, 7) is 0. The minimum atomic E-state index is 0.314. The molecule has 4 bridgehead atoms. The average Bonchev–Trinajstić information content (AvgIpc) is 2.61. The van der Waals surface area contributed by atoms with E-state index in [9.17, 15) is 5.11 Å².